The fourth-order valence-corrected chi connectivity index (χ4v) is 4.02. The Kier molecular flexibility index (Phi) is 4.59. The summed E-state index contributed by atoms with van der Waals surface area (Å²) in [5, 5.41) is 13.2. The average Bonchev–Trinajstić information content (AvgIpc) is 2.61. The monoisotopic (exact) mass is 369 g/mol. The molecular weight excluding hydrogens is 342 g/mol. The molecule has 2 aromatic rings. The third-order valence-electron chi connectivity index (χ3n) is 5.41. The molecule has 8 heteroatoms. The molecule has 4 rings (SSSR count). The second-order valence-corrected chi connectivity index (χ2v) is 8.33. The molecule has 0 spiro atoms. The molecule has 8 nitrogen and oxygen atoms in total. The van der Waals surface area contributed by atoms with Crippen LogP contribution in [0.4, 0.5) is 17.7 Å². The summed E-state index contributed by atoms with van der Waals surface area (Å²) in [6.45, 7) is 6.12. The molecule has 0 amide bonds. The van der Waals surface area contributed by atoms with Gasteiger partial charge in [0.25, 0.3) is 0 Å². The number of nitrogens with one attached hydrogen (secondary N) is 1. The molecule has 27 heavy (non-hydrogen) atoms. The van der Waals surface area contributed by atoms with E-state index in [-0.39, 0.29) is 23.5 Å². The van der Waals surface area contributed by atoms with E-state index in [2.05, 4.69) is 39.0 Å². The standard InChI is InChI=1S/C19H27N7O/c1-19(2)9-14(23-16-3-6-21-17(20)25-16)13-11-22-18(24-15(13)10-19)26-7-4-12(27)5-8-26/h3,6,11-12,14,27H,4-5,7-10H2,1-2H3,(H3,20,21,23,25)/t14-/m1/s1. The summed E-state index contributed by atoms with van der Waals surface area (Å²) >= 11 is 0. The van der Waals surface area contributed by atoms with Crippen molar-refractivity contribution in [1.29, 1.82) is 0 Å². The quantitative estimate of drug-likeness (QED) is 0.752. The third kappa shape index (κ3) is 3.95. The van der Waals surface area contributed by atoms with Gasteiger partial charge in [0.1, 0.15) is 5.82 Å². The minimum Gasteiger partial charge on any atom is -0.393 e. The van der Waals surface area contributed by atoms with Gasteiger partial charge in [0.2, 0.25) is 11.9 Å². The SMILES string of the molecule is CC1(C)Cc2nc(N3CCC(O)CC3)ncc2[C@H](Nc2ccnc(N)n2)C1. The summed E-state index contributed by atoms with van der Waals surface area (Å²) < 4.78 is 0. The molecule has 2 aromatic heterocycles. The molecule has 0 unspecified atom stereocenters. The summed E-state index contributed by atoms with van der Waals surface area (Å²) in [7, 11) is 0. The fourth-order valence-electron chi connectivity index (χ4n) is 4.02. The smallest absolute Gasteiger partial charge is 0.225 e. The summed E-state index contributed by atoms with van der Waals surface area (Å²) in [6, 6.07) is 1.90. The first-order valence-electron chi connectivity index (χ1n) is 9.53. The van der Waals surface area contributed by atoms with E-state index in [0.717, 1.165) is 56.0 Å². The van der Waals surface area contributed by atoms with Gasteiger partial charge in [-0.1, -0.05) is 13.8 Å². The Balaban J connectivity index is 1.61. The van der Waals surface area contributed by atoms with Crippen molar-refractivity contribution < 1.29 is 5.11 Å². The highest BCUT2D eigenvalue weighted by Gasteiger charge is 2.34. The Bertz CT molecular complexity index is 817. The topological polar surface area (TPSA) is 113 Å². The minimum absolute atomic E-state index is 0.0790. The van der Waals surface area contributed by atoms with Crippen molar-refractivity contribution in [3.05, 3.63) is 29.7 Å². The van der Waals surface area contributed by atoms with Crippen LogP contribution in [0, 0.1) is 5.41 Å². The average molecular weight is 369 g/mol. The van der Waals surface area contributed by atoms with Gasteiger partial charge in [-0.3, -0.25) is 0 Å². The van der Waals surface area contributed by atoms with Gasteiger partial charge in [0.05, 0.1) is 17.8 Å². The maximum Gasteiger partial charge on any atom is 0.225 e. The summed E-state index contributed by atoms with van der Waals surface area (Å²) in [5.41, 5.74) is 8.03. The van der Waals surface area contributed by atoms with Gasteiger partial charge in [-0.2, -0.15) is 4.98 Å². The first-order chi connectivity index (χ1) is 12.9. The van der Waals surface area contributed by atoms with E-state index in [1.54, 1.807) is 6.20 Å². The number of aromatic nitrogens is 4. The number of hydrogen-bond acceptors (Lipinski definition) is 8. The number of hydrogen-bond donors (Lipinski definition) is 3. The normalized spacial score (nSPS) is 22.3. The predicted molar refractivity (Wildman–Crippen MR) is 104 cm³/mol. The van der Waals surface area contributed by atoms with E-state index < -0.39 is 0 Å². The zero-order valence-electron chi connectivity index (χ0n) is 15.9. The van der Waals surface area contributed by atoms with Crippen LogP contribution in [0.5, 0.6) is 0 Å². The van der Waals surface area contributed by atoms with Gasteiger partial charge in [-0.25, -0.2) is 15.0 Å². The number of nitrogen functional groups attached to an aromatic ring is 1. The van der Waals surface area contributed by atoms with Crippen molar-refractivity contribution in [2.24, 2.45) is 5.41 Å². The van der Waals surface area contributed by atoms with E-state index >= 15 is 0 Å². The highest BCUT2D eigenvalue weighted by Crippen LogP contribution is 2.41. The number of nitrogens with two attached hydrogens (primary N) is 1. The van der Waals surface area contributed by atoms with Crippen LogP contribution in [0.3, 0.4) is 0 Å². The molecule has 1 aliphatic heterocycles. The van der Waals surface area contributed by atoms with Crippen LogP contribution in [0.25, 0.3) is 0 Å². The van der Waals surface area contributed by atoms with E-state index in [1.165, 1.54) is 0 Å². The van der Waals surface area contributed by atoms with E-state index in [0.29, 0.717) is 5.82 Å². The maximum atomic E-state index is 9.73. The Morgan fingerprint density at radius 2 is 2.00 bits per heavy atom. The van der Waals surface area contributed by atoms with Crippen molar-refractivity contribution in [3.8, 4) is 0 Å². The number of aliphatic hydroxyl groups is 1. The largest absolute Gasteiger partial charge is 0.393 e. The minimum atomic E-state index is -0.202. The number of rotatable bonds is 3. The molecule has 3 heterocycles. The van der Waals surface area contributed by atoms with Crippen LogP contribution < -0.4 is 16.0 Å². The Hall–Kier alpha value is -2.48. The van der Waals surface area contributed by atoms with Crippen LogP contribution in [0.15, 0.2) is 18.5 Å². The van der Waals surface area contributed by atoms with Crippen LogP contribution in [-0.2, 0) is 6.42 Å². The van der Waals surface area contributed by atoms with Crippen molar-refractivity contribution >= 4 is 17.7 Å². The highest BCUT2D eigenvalue weighted by atomic mass is 16.3. The van der Waals surface area contributed by atoms with Gasteiger partial charge in [-0.05, 0) is 37.2 Å². The van der Waals surface area contributed by atoms with Gasteiger partial charge < -0.3 is 21.1 Å². The van der Waals surface area contributed by atoms with Crippen molar-refractivity contribution in [3.63, 3.8) is 0 Å². The molecule has 4 N–H and O–H groups in total. The molecule has 1 fully saturated rings. The number of anilines is 3. The lowest BCUT2D eigenvalue weighted by molar-refractivity contribution is 0.145. The van der Waals surface area contributed by atoms with Crippen LogP contribution in [0.1, 0.15) is 50.4 Å². The lowest BCUT2D eigenvalue weighted by Crippen LogP contribution is -2.38. The molecule has 0 aromatic carbocycles. The lowest BCUT2D eigenvalue weighted by Gasteiger charge is -2.37. The number of nitrogens with zero attached hydrogens (tertiary/aromatic N) is 5. The zero-order valence-corrected chi connectivity index (χ0v) is 15.9. The van der Waals surface area contributed by atoms with Crippen LogP contribution >= 0.6 is 0 Å². The van der Waals surface area contributed by atoms with E-state index in [4.69, 9.17) is 10.7 Å². The number of aliphatic hydroxyl groups excluding tert-OH is 1. The molecule has 1 atom stereocenters. The van der Waals surface area contributed by atoms with E-state index in [9.17, 15) is 5.11 Å². The molecule has 1 aliphatic carbocycles. The summed E-state index contributed by atoms with van der Waals surface area (Å²) in [5.74, 6) is 1.74. The lowest BCUT2D eigenvalue weighted by atomic mass is 9.74. The second-order valence-electron chi connectivity index (χ2n) is 8.33. The van der Waals surface area contributed by atoms with Crippen molar-refractivity contribution in [1.82, 2.24) is 19.9 Å². The van der Waals surface area contributed by atoms with Crippen molar-refractivity contribution in [2.75, 3.05) is 29.0 Å². The fraction of sp³-hybridized carbons (Fsp3) is 0.579. The second kappa shape index (κ2) is 6.92. The maximum absolute atomic E-state index is 9.73. The van der Waals surface area contributed by atoms with E-state index in [1.807, 2.05) is 12.3 Å². The molecule has 0 bridgehead atoms. The Morgan fingerprint density at radius 1 is 1.22 bits per heavy atom. The van der Waals surface area contributed by atoms with Gasteiger partial charge in [0, 0.05) is 31.0 Å². The predicted octanol–water partition coefficient (Wildman–Crippen LogP) is 1.94. The van der Waals surface area contributed by atoms with Gasteiger partial charge in [0.15, 0.2) is 0 Å². The molecule has 0 radical (unpaired) electrons. The molecule has 1 saturated heterocycles. The summed E-state index contributed by atoms with van der Waals surface area (Å²) in [6.07, 6.45) is 6.81. The Labute approximate surface area is 159 Å². The van der Waals surface area contributed by atoms with Gasteiger partial charge in [-0.15, -0.1) is 0 Å². The third-order valence-corrected chi connectivity index (χ3v) is 5.41. The number of piperidine rings is 1. The highest BCUT2D eigenvalue weighted by molar-refractivity contribution is 5.44. The molecule has 0 saturated carbocycles. The molecule has 144 valence electrons. The Morgan fingerprint density at radius 3 is 2.74 bits per heavy atom. The summed E-state index contributed by atoms with van der Waals surface area (Å²) in [4.78, 5) is 19.9. The van der Waals surface area contributed by atoms with Crippen molar-refractivity contribution in [2.45, 2.75) is 51.7 Å². The van der Waals surface area contributed by atoms with Crippen LogP contribution in [-0.4, -0.2) is 44.2 Å². The molecular formula is C19H27N7O. The van der Waals surface area contributed by atoms with Gasteiger partial charge >= 0.3 is 0 Å². The molecule has 2 aliphatic rings. The number of fused-ring (bicyclic) bond motifs is 1. The van der Waals surface area contributed by atoms with Crippen LogP contribution in [0.2, 0.25) is 0 Å². The first-order valence-corrected chi connectivity index (χ1v) is 9.53. The zero-order chi connectivity index (χ0) is 19.0. The first kappa shape index (κ1) is 17.9.